The molecule has 0 aliphatic rings. The van der Waals surface area contributed by atoms with Crippen molar-refractivity contribution < 1.29 is 4.79 Å². The number of pyridine rings is 1. The minimum absolute atomic E-state index is 0.116. The lowest BCUT2D eigenvalue weighted by molar-refractivity contribution is 0.103. The molecule has 0 unspecified atom stereocenters. The van der Waals surface area contributed by atoms with Gasteiger partial charge < -0.3 is 5.32 Å². The summed E-state index contributed by atoms with van der Waals surface area (Å²) in [6, 6.07) is 13.4. The zero-order valence-corrected chi connectivity index (χ0v) is 12.2. The van der Waals surface area contributed by atoms with Crippen LogP contribution in [0, 0.1) is 0 Å². The fraction of sp³-hybridized carbons (Fsp3) is 0. The third-order valence-electron chi connectivity index (χ3n) is 2.66. The Hall–Kier alpha value is -1.72. The third-order valence-corrected chi connectivity index (χ3v) is 4.40. The van der Waals surface area contributed by atoms with Crippen molar-refractivity contribution in [1.82, 2.24) is 4.98 Å². The maximum absolute atomic E-state index is 12.2. The molecule has 0 atom stereocenters. The second-order valence-corrected chi connectivity index (χ2v) is 5.78. The molecule has 94 valence electrons. The van der Waals surface area contributed by atoms with Gasteiger partial charge in [-0.05, 0) is 45.6 Å². The monoisotopic (exact) mass is 332 g/mol. The van der Waals surface area contributed by atoms with E-state index in [9.17, 15) is 4.79 Å². The maximum atomic E-state index is 12.2. The van der Waals surface area contributed by atoms with Gasteiger partial charge in [0.2, 0.25) is 0 Å². The second-order valence-electron chi connectivity index (χ2n) is 3.94. The van der Waals surface area contributed by atoms with Crippen LogP contribution in [0.5, 0.6) is 0 Å². The van der Waals surface area contributed by atoms with Gasteiger partial charge in [-0.15, -0.1) is 11.3 Å². The number of amides is 1. The number of rotatable bonds is 2. The number of carbonyl (C=O) groups excluding carboxylic acids is 1. The molecule has 1 aromatic carbocycles. The van der Waals surface area contributed by atoms with E-state index in [1.165, 1.54) is 11.3 Å². The molecule has 3 aromatic rings. The van der Waals surface area contributed by atoms with Crippen LogP contribution < -0.4 is 5.32 Å². The van der Waals surface area contributed by atoms with Crippen LogP contribution in [0.3, 0.4) is 0 Å². The standard InChI is InChI=1S/C14H9BrN2OS/c15-13-10(5-3-7-16-13)17-14(18)12-8-9-4-1-2-6-11(9)19-12/h1-8H,(H,17,18). The highest BCUT2D eigenvalue weighted by atomic mass is 79.9. The number of hydrogen-bond donors (Lipinski definition) is 1. The number of halogens is 1. The molecule has 3 nitrogen and oxygen atoms in total. The van der Waals surface area contributed by atoms with E-state index < -0.39 is 0 Å². The summed E-state index contributed by atoms with van der Waals surface area (Å²) in [5, 5.41) is 3.94. The van der Waals surface area contributed by atoms with Crippen molar-refractivity contribution in [1.29, 1.82) is 0 Å². The number of anilines is 1. The summed E-state index contributed by atoms with van der Waals surface area (Å²) in [5.41, 5.74) is 0.671. The number of thiophene rings is 1. The predicted octanol–water partition coefficient (Wildman–Crippen LogP) is 4.31. The molecule has 0 aliphatic heterocycles. The van der Waals surface area contributed by atoms with E-state index in [0.717, 1.165) is 10.1 Å². The van der Waals surface area contributed by atoms with E-state index >= 15 is 0 Å². The molecule has 0 saturated carbocycles. The molecule has 2 aromatic heterocycles. The first kappa shape index (κ1) is 12.3. The molecule has 0 saturated heterocycles. The molecule has 0 bridgehead atoms. The van der Waals surface area contributed by atoms with E-state index in [0.29, 0.717) is 15.2 Å². The van der Waals surface area contributed by atoms with Crippen molar-refractivity contribution in [2.45, 2.75) is 0 Å². The van der Waals surface area contributed by atoms with Crippen LogP contribution in [0.4, 0.5) is 5.69 Å². The van der Waals surface area contributed by atoms with Gasteiger partial charge in [-0.1, -0.05) is 18.2 Å². The maximum Gasteiger partial charge on any atom is 0.265 e. The summed E-state index contributed by atoms with van der Waals surface area (Å²) in [6.07, 6.45) is 1.67. The van der Waals surface area contributed by atoms with Crippen molar-refractivity contribution in [2.24, 2.45) is 0 Å². The molecule has 0 aliphatic carbocycles. The normalized spacial score (nSPS) is 10.6. The molecule has 0 radical (unpaired) electrons. The minimum atomic E-state index is -0.116. The first-order valence-electron chi connectivity index (χ1n) is 5.64. The highest BCUT2D eigenvalue weighted by Gasteiger charge is 2.11. The van der Waals surface area contributed by atoms with Gasteiger partial charge in [0.25, 0.3) is 5.91 Å². The summed E-state index contributed by atoms with van der Waals surface area (Å²) in [7, 11) is 0. The van der Waals surface area contributed by atoms with Gasteiger partial charge in [-0.25, -0.2) is 4.98 Å². The van der Waals surface area contributed by atoms with Crippen molar-refractivity contribution in [2.75, 3.05) is 5.32 Å². The number of nitrogens with zero attached hydrogens (tertiary/aromatic N) is 1. The molecule has 0 fully saturated rings. The Morgan fingerprint density at radius 3 is 2.84 bits per heavy atom. The molecule has 5 heteroatoms. The van der Waals surface area contributed by atoms with Crippen LogP contribution >= 0.6 is 27.3 Å². The third kappa shape index (κ3) is 2.52. The highest BCUT2D eigenvalue weighted by molar-refractivity contribution is 9.10. The zero-order chi connectivity index (χ0) is 13.2. The molecule has 2 heterocycles. The number of aromatic nitrogens is 1. The van der Waals surface area contributed by atoms with Crippen LogP contribution in [0.25, 0.3) is 10.1 Å². The van der Waals surface area contributed by atoms with Crippen LogP contribution in [0.15, 0.2) is 53.3 Å². The molecule has 3 rings (SSSR count). The van der Waals surface area contributed by atoms with Crippen LogP contribution in [-0.4, -0.2) is 10.9 Å². The van der Waals surface area contributed by atoms with Crippen LogP contribution in [-0.2, 0) is 0 Å². The Morgan fingerprint density at radius 2 is 2.05 bits per heavy atom. The Kier molecular flexibility index (Phi) is 3.31. The molecular formula is C14H9BrN2OS. The number of hydrogen-bond acceptors (Lipinski definition) is 3. The van der Waals surface area contributed by atoms with E-state index in [1.807, 2.05) is 36.4 Å². The highest BCUT2D eigenvalue weighted by Crippen LogP contribution is 2.26. The fourth-order valence-electron chi connectivity index (χ4n) is 1.76. The van der Waals surface area contributed by atoms with E-state index in [2.05, 4.69) is 26.2 Å². The SMILES string of the molecule is O=C(Nc1cccnc1Br)c1cc2ccccc2s1. The topological polar surface area (TPSA) is 42.0 Å². The van der Waals surface area contributed by atoms with Gasteiger partial charge in [0.1, 0.15) is 4.60 Å². The van der Waals surface area contributed by atoms with Gasteiger partial charge in [-0.2, -0.15) is 0 Å². The van der Waals surface area contributed by atoms with Gasteiger partial charge in [-0.3, -0.25) is 4.79 Å². The largest absolute Gasteiger partial charge is 0.319 e. The summed E-state index contributed by atoms with van der Waals surface area (Å²) in [5.74, 6) is -0.116. The Bertz CT molecular complexity index is 721. The van der Waals surface area contributed by atoms with Crippen molar-refractivity contribution in [3.63, 3.8) is 0 Å². The van der Waals surface area contributed by atoms with Crippen molar-refractivity contribution >= 4 is 48.9 Å². The van der Waals surface area contributed by atoms with E-state index in [1.54, 1.807) is 12.3 Å². The average Bonchev–Trinajstić information content (AvgIpc) is 2.85. The first-order chi connectivity index (χ1) is 9.24. The van der Waals surface area contributed by atoms with E-state index in [-0.39, 0.29) is 5.91 Å². The van der Waals surface area contributed by atoms with Gasteiger partial charge >= 0.3 is 0 Å². The summed E-state index contributed by atoms with van der Waals surface area (Å²) >= 11 is 4.79. The van der Waals surface area contributed by atoms with E-state index in [4.69, 9.17) is 0 Å². The number of benzene rings is 1. The lowest BCUT2D eigenvalue weighted by atomic mass is 10.2. The zero-order valence-electron chi connectivity index (χ0n) is 9.76. The molecule has 1 N–H and O–H groups in total. The average molecular weight is 333 g/mol. The van der Waals surface area contributed by atoms with Gasteiger partial charge in [0.15, 0.2) is 0 Å². The summed E-state index contributed by atoms with van der Waals surface area (Å²) in [6.45, 7) is 0. The first-order valence-corrected chi connectivity index (χ1v) is 7.25. The number of nitrogens with one attached hydrogen (secondary N) is 1. The summed E-state index contributed by atoms with van der Waals surface area (Å²) in [4.78, 5) is 17.0. The number of carbonyl (C=O) groups is 1. The lowest BCUT2D eigenvalue weighted by Gasteiger charge is -2.04. The molecular weight excluding hydrogens is 324 g/mol. The molecule has 0 spiro atoms. The minimum Gasteiger partial charge on any atom is -0.319 e. The quantitative estimate of drug-likeness (QED) is 0.710. The second kappa shape index (κ2) is 5.11. The Morgan fingerprint density at radius 1 is 1.21 bits per heavy atom. The van der Waals surface area contributed by atoms with Crippen molar-refractivity contribution in [3.05, 3.63) is 58.1 Å². The molecule has 1 amide bonds. The van der Waals surface area contributed by atoms with Crippen LogP contribution in [0.1, 0.15) is 9.67 Å². The Balaban J connectivity index is 1.90. The molecule has 19 heavy (non-hydrogen) atoms. The fourth-order valence-corrected chi connectivity index (χ4v) is 3.06. The number of fused-ring (bicyclic) bond motifs is 1. The van der Waals surface area contributed by atoms with Gasteiger partial charge in [0.05, 0.1) is 10.6 Å². The summed E-state index contributed by atoms with van der Waals surface area (Å²) < 4.78 is 1.74. The smallest absolute Gasteiger partial charge is 0.265 e. The predicted molar refractivity (Wildman–Crippen MR) is 81.7 cm³/mol. The van der Waals surface area contributed by atoms with Crippen LogP contribution in [0.2, 0.25) is 0 Å². The lowest BCUT2D eigenvalue weighted by Crippen LogP contribution is -2.10. The Labute approximate surface area is 122 Å². The van der Waals surface area contributed by atoms with Crippen molar-refractivity contribution in [3.8, 4) is 0 Å². The van der Waals surface area contributed by atoms with Gasteiger partial charge in [0, 0.05) is 10.9 Å².